The van der Waals surface area contributed by atoms with Gasteiger partial charge < -0.3 is 19.3 Å². The minimum atomic E-state index is 0.0454. The van der Waals surface area contributed by atoms with Gasteiger partial charge in [-0.05, 0) is 35.6 Å². The highest BCUT2D eigenvalue weighted by atomic mass is 32.2. The maximum absolute atomic E-state index is 12.9. The molecule has 2 unspecified atom stereocenters. The third-order valence-electron chi connectivity index (χ3n) is 6.21. The van der Waals surface area contributed by atoms with Crippen LogP contribution in [0.15, 0.2) is 48.5 Å². The number of thioether (sulfide) groups is 1. The van der Waals surface area contributed by atoms with Gasteiger partial charge in [-0.1, -0.05) is 36.4 Å². The summed E-state index contributed by atoms with van der Waals surface area (Å²) in [5, 5.41) is 0. The third kappa shape index (κ3) is 4.51. The first kappa shape index (κ1) is 20.2. The van der Waals surface area contributed by atoms with Crippen LogP contribution in [0.4, 0.5) is 0 Å². The van der Waals surface area contributed by atoms with E-state index < -0.39 is 0 Å². The van der Waals surface area contributed by atoms with E-state index in [4.69, 9.17) is 9.47 Å². The molecule has 1 aliphatic carbocycles. The van der Waals surface area contributed by atoms with Crippen LogP contribution in [0.5, 0.6) is 11.5 Å². The molecule has 0 N–H and O–H groups in total. The Bertz CT molecular complexity index is 959. The first-order valence-electron chi connectivity index (χ1n) is 10.8. The van der Waals surface area contributed by atoms with Crippen molar-refractivity contribution in [1.82, 2.24) is 9.80 Å². The fraction of sp³-hybridized carbons (Fsp3) is 0.417. The van der Waals surface area contributed by atoms with Gasteiger partial charge in [0.25, 0.3) is 0 Å². The van der Waals surface area contributed by atoms with Gasteiger partial charge >= 0.3 is 0 Å². The van der Waals surface area contributed by atoms with Crippen molar-refractivity contribution in [1.29, 1.82) is 0 Å². The number of carbonyl (C=O) groups is 2. The van der Waals surface area contributed by atoms with Crippen LogP contribution in [0.1, 0.15) is 23.5 Å². The summed E-state index contributed by atoms with van der Waals surface area (Å²) in [6, 6.07) is 16.2. The number of hydrogen-bond donors (Lipinski definition) is 0. The highest BCUT2D eigenvalue weighted by molar-refractivity contribution is 7.99. The van der Waals surface area contributed by atoms with Crippen molar-refractivity contribution in [2.24, 2.45) is 5.92 Å². The minimum Gasteiger partial charge on any atom is -0.454 e. The van der Waals surface area contributed by atoms with Crippen molar-refractivity contribution in [2.75, 3.05) is 38.7 Å². The Labute approximate surface area is 186 Å². The number of amides is 2. The van der Waals surface area contributed by atoms with E-state index in [0.717, 1.165) is 29.2 Å². The Kier molecular flexibility index (Phi) is 5.76. The highest BCUT2D eigenvalue weighted by Crippen LogP contribution is 2.50. The van der Waals surface area contributed by atoms with Gasteiger partial charge in [0, 0.05) is 37.8 Å². The molecule has 31 heavy (non-hydrogen) atoms. The Morgan fingerprint density at radius 3 is 2.48 bits per heavy atom. The Hall–Kier alpha value is -2.67. The van der Waals surface area contributed by atoms with Crippen molar-refractivity contribution < 1.29 is 19.1 Å². The predicted octanol–water partition coefficient (Wildman–Crippen LogP) is 3.12. The average Bonchev–Trinajstić information content (AvgIpc) is 3.48. The monoisotopic (exact) mass is 438 g/mol. The first-order chi connectivity index (χ1) is 15.2. The molecule has 2 aromatic rings. The molecule has 7 heteroatoms. The fourth-order valence-electron chi connectivity index (χ4n) is 4.31. The van der Waals surface area contributed by atoms with Crippen LogP contribution in [0.3, 0.4) is 0 Å². The summed E-state index contributed by atoms with van der Waals surface area (Å²) < 4.78 is 10.8. The van der Waals surface area contributed by atoms with Crippen LogP contribution < -0.4 is 9.47 Å². The summed E-state index contributed by atoms with van der Waals surface area (Å²) in [5.74, 6) is 3.56. The summed E-state index contributed by atoms with van der Waals surface area (Å²) in [7, 11) is 0. The zero-order valence-electron chi connectivity index (χ0n) is 17.4. The van der Waals surface area contributed by atoms with Crippen molar-refractivity contribution >= 4 is 23.6 Å². The van der Waals surface area contributed by atoms with E-state index in [0.29, 0.717) is 31.9 Å². The lowest BCUT2D eigenvalue weighted by molar-refractivity contribution is -0.139. The number of nitrogens with zero attached hydrogens (tertiary/aromatic N) is 2. The zero-order chi connectivity index (χ0) is 21.2. The van der Waals surface area contributed by atoms with Gasteiger partial charge in [-0.3, -0.25) is 9.59 Å². The van der Waals surface area contributed by atoms with Gasteiger partial charge in [-0.15, -0.1) is 11.8 Å². The molecule has 0 radical (unpaired) electrons. The lowest BCUT2D eigenvalue weighted by Crippen LogP contribution is -2.51. The normalized spacial score (nSPS) is 21.8. The molecule has 5 rings (SSSR count). The maximum atomic E-state index is 12.9. The number of ether oxygens (including phenoxy) is 2. The molecule has 2 aromatic carbocycles. The summed E-state index contributed by atoms with van der Waals surface area (Å²) in [5.41, 5.74) is 2.38. The lowest BCUT2D eigenvalue weighted by Gasteiger charge is -2.35. The van der Waals surface area contributed by atoms with Gasteiger partial charge in [0.05, 0.1) is 5.75 Å². The molecule has 162 valence electrons. The van der Waals surface area contributed by atoms with Crippen LogP contribution in [0.2, 0.25) is 0 Å². The number of fused-ring (bicyclic) bond motifs is 1. The molecule has 2 atom stereocenters. The van der Waals surface area contributed by atoms with Crippen LogP contribution in [-0.4, -0.2) is 60.3 Å². The SMILES string of the molecule is O=C(CSCc1ccccc1)N1CCN(C(=O)C2CC2c2ccc3c(c2)OCO3)CC1. The van der Waals surface area contributed by atoms with Crippen molar-refractivity contribution in [3.8, 4) is 11.5 Å². The van der Waals surface area contributed by atoms with E-state index in [-0.39, 0.29) is 30.4 Å². The van der Waals surface area contributed by atoms with Crippen LogP contribution in [0, 0.1) is 5.92 Å². The molecular formula is C24H26N2O4S. The lowest BCUT2D eigenvalue weighted by atomic mass is 10.1. The third-order valence-corrected chi connectivity index (χ3v) is 7.20. The summed E-state index contributed by atoms with van der Waals surface area (Å²) in [4.78, 5) is 29.3. The van der Waals surface area contributed by atoms with E-state index in [1.807, 2.05) is 46.2 Å². The standard InChI is InChI=1S/C24H26N2O4S/c27-23(15-31-14-17-4-2-1-3-5-17)25-8-10-26(11-9-25)24(28)20-13-19(20)18-6-7-21-22(12-18)30-16-29-21/h1-7,12,19-20H,8-11,13-16H2. The van der Waals surface area contributed by atoms with E-state index in [2.05, 4.69) is 12.1 Å². The van der Waals surface area contributed by atoms with E-state index in [1.165, 1.54) is 5.56 Å². The van der Waals surface area contributed by atoms with Crippen molar-refractivity contribution in [3.63, 3.8) is 0 Å². The number of hydrogen-bond acceptors (Lipinski definition) is 5. The van der Waals surface area contributed by atoms with Crippen molar-refractivity contribution in [3.05, 3.63) is 59.7 Å². The summed E-state index contributed by atoms with van der Waals surface area (Å²) >= 11 is 1.65. The Morgan fingerprint density at radius 1 is 0.935 bits per heavy atom. The first-order valence-corrected chi connectivity index (χ1v) is 11.9. The molecule has 6 nitrogen and oxygen atoms in total. The fourth-order valence-corrected chi connectivity index (χ4v) is 5.20. The molecule has 2 amide bonds. The van der Waals surface area contributed by atoms with Crippen LogP contribution in [-0.2, 0) is 15.3 Å². The molecule has 3 aliphatic rings. The Balaban J connectivity index is 1.07. The van der Waals surface area contributed by atoms with E-state index in [9.17, 15) is 9.59 Å². The molecule has 0 spiro atoms. The largest absolute Gasteiger partial charge is 0.454 e. The molecule has 0 aromatic heterocycles. The van der Waals surface area contributed by atoms with Gasteiger partial charge in [-0.2, -0.15) is 0 Å². The quantitative estimate of drug-likeness (QED) is 0.694. The average molecular weight is 439 g/mol. The maximum Gasteiger partial charge on any atom is 0.232 e. The second-order valence-electron chi connectivity index (χ2n) is 8.25. The van der Waals surface area contributed by atoms with Gasteiger partial charge in [-0.25, -0.2) is 0 Å². The van der Waals surface area contributed by atoms with E-state index >= 15 is 0 Å². The highest BCUT2D eigenvalue weighted by Gasteiger charge is 2.46. The van der Waals surface area contributed by atoms with E-state index in [1.54, 1.807) is 11.8 Å². The number of rotatable bonds is 6. The number of piperazine rings is 1. The summed E-state index contributed by atoms with van der Waals surface area (Å²) in [6.07, 6.45) is 0.883. The number of benzene rings is 2. The molecular weight excluding hydrogens is 412 g/mol. The molecule has 0 bridgehead atoms. The predicted molar refractivity (Wildman–Crippen MR) is 119 cm³/mol. The smallest absolute Gasteiger partial charge is 0.232 e. The van der Waals surface area contributed by atoms with Crippen LogP contribution in [0.25, 0.3) is 0 Å². The van der Waals surface area contributed by atoms with Crippen LogP contribution >= 0.6 is 11.8 Å². The van der Waals surface area contributed by atoms with Gasteiger partial charge in [0.1, 0.15) is 0 Å². The second-order valence-corrected chi connectivity index (χ2v) is 9.23. The molecule has 2 aliphatic heterocycles. The zero-order valence-corrected chi connectivity index (χ0v) is 18.2. The van der Waals surface area contributed by atoms with Crippen molar-refractivity contribution in [2.45, 2.75) is 18.1 Å². The molecule has 1 saturated carbocycles. The van der Waals surface area contributed by atoms with Gasteiger partial charge in [0.2, 0.25) is 18.6 Å². The number of carbonyl (C=O) groups excluding carboxylic acids is 2. The van der Waals surface area contributed by atoms with Gasteiger partial charge in [0.15, 0.2) is 11.5 Å². The molecule has 2 heterocycles. The topological polar surface area (TPSA) is 59.1 Å². The minimum absolute atomic E-state index is 0.0454. The summed E-state index contributed by atoms with van der Waals surface area (Å²) in [6.45, 7) is 2.76. The molecule has 2 fully saturated rings. The molecule has 1 saturated heterocycles. The second kappa shape index (κ2) is 8.83. The Morgan fingerprint density at radius 2 is 1.68 bits per heavy atom.